The second-order valence-corrected chi connectivity index (χ2v) is 5.71. The molecule has 1 unspecified atom stereocenters. The van der Waals surface area contributed by atoms with Crippen LogP contribution in [0.15, 0.2) is 61.3 Å². The van der Waals surface area contributed by atoms with Crippen molar-refractivity contribution in [2.45, 2.75) is 20.0 Å². The van der Waals surface area contributed by atoms with Crippen LogP contribution in [0.2, 0.25) is 0 Å². The van der Waals surface area contributed by atoms with E-state index in [1.165, 1.54) is 6.92 Å². The Morgan fingerprint density at radius 2 is 2.08 bits per heavy atom. The van der Waals surface area contributed by atoms with Crippen molar-refractivity contribution in [1.29, 1.82) is 0 Å². The molecule has 1 N–H and O–H groups in total. The molecule has 3 rings (SSSR count). The Labute approximate surface area is 150 Å². The summed E-state index contributed by atoms with van der Waals surface area (Å²) >= 11 is 0. The Kier molecular flexibility index (Phi) is 5.07. The smallest absolute Gasteiger partial charge is 0.265 e. The molecule has 132 valence electrons. The lowest BCUT2D eigenvalue weighted by atomic mass is 10.1. The SMILES string of the molecule is CC(=O)c1cccc(OC(C)C(=O)Nc2ccc(-n3ccnc3)nc2)c1. The predicted molar refractivity (Wildman–Crippen MR) is 96.5 cm³/mol. The largest absolute Gasteiger partial charge is 0.481 e. The first-order valence-corrected chi connectivity index (χ1v) is 8.06. The summed E-state index contributed by atoms with van der Waals surface area (Å²) in [5, 5.41) is 2.75. The second kappa shape index (κ2) is 7.60. The number of nitrogens with zero attached hydrogens (tertiary/aromatic N) is 3. The van der Waals surface area contributed by atoms with Crippen molar-refractivity contribution in [1.82, 2.24) is 14.5 Å². The number of pyridine rings is 1. The second-order valence-electron chi connectivity index (χ2n) is 5.71. The van der Waals surface area contributed by atoms with Crippen LogP contribution in [0.4, 0.5) is 5.69 Å². The molecule has 1 atom stereocenters. The van der Waals surface area contributed by atoms with Gasteiger partial charge in [0.15, 0.2) is 11.9 Å². The number of amides is 1. The third-order valence-electron chi connectivity index (χ3n) is 3.71. The van der Waals surface area contributed by atoms with Gasteiger partial charge < -0.3 is 10.1 Å². The van der Waals surface area contributed by atoms with E-state index in [1.807, 2.05) is 0 Å². The minimum absolute atomic E-state index is 0.0587. The van der Waals surface area contributed by atoms with Gasteiger partial charge in [-0.05, 0) is 38.1 Å². The van der Waals surface area contributed by atoms with Gasteiger partial charge in [-0.2, -0.15) is 0 Å². The van der Waals surface area contributed by atoms with Crippen molar-refractivity contribution in [3.05, 3.63) is 66.9 Å². The lowest BCUT2D eigenvalue weighted by molar-refractivity contribution is -0.122. The van der Waals surface area contributed by atoms with E-state index in [-0.39, 0.29) is 11.7 Å². The third kappa shape index (κ3) is 4.13. The van der Waals surface area contributed by atoms with E-state index < -0.39 is 6.10 Å². The van der Waals surface area contributed by atoms with E-state index in [0.717, 1.165) is 0 Å². The number of carbonyl (C=O) groups excluding carboxylic acids is 2. The van der Waals surface area contributed by atoms with Gasteiger partial charge >= 0.3 is 0 Å². The summed E-state index contributed by atoms with van der Waals surface area (Å²) in [6.07, 6.45) is 5.93. The van der Waals surface area contributed by atoms with Crippen LogP contribution in [0.25, 0.3) is 5.82 Å². The molecule has 7 nitrogen and oxygen atoms in total. The van der Waals surface area contributed by atoms with Crippen LogP contribution in [0.5, 0.6) is 5.75 Å². The van der Waals surface area contributed by atoms with Crippen LogP contribution in [0.1, 0.15) is 24.2 Å². The van der Waals surface area contributed by atoms with Crippen LogP contribution in [0.3, 0.4) is 0 Å². The Morgan fingerprint density at radius 3 is 2.73 bits per heavy atom. The molecule has 0 aliphatic carbocycles. The fraction of sp³-hybridized carbons (Fsp3) is 0.158. The van der Waals surface area contributed by atoms with E-state index in [4.69, 9.17) is 4.74 Å². The van der Waals surface area contributed by atoms with Crippen molar-refractivity contribution in [2.75, 3.05) is 5.32 Å². The number of benzene rings is 1. The van der Waals surface area contributed by atoms with Gasteiger partial charge in [-0.1, -0.05) is 12.1 Å². The molecule has 2 aromatic heterocycles. The average Bonchev–Trinajstić information content (AvgIpc) is 3.17. The molecule has 0 saturated heterocycles. The number of Topliss-reactive ketones (excluding diaryl/α,β-unsaturated/α-hetero) is 1. The highest BCUT2D eigenvalue weighted by atomic mass is 16.5. The monoisotopic (exact) mass is 350 g/mol. The Bertz CT molecular complexity index is 905. The first-order valence-electron chi connectivity index (χ1n) is 8.06. The number of carbonyl (C=O) groups is 2. The quantitative estimate of drug-likeness (QED) is 0.691. The van der Waals surface area contributed by atoms with Gasteiger partial charge in [0.05, 0.1) is 11.9 Å². The average molecular weight is 350 g/mol. The maximum Gasteiger partial charge on any atom is 0.265 e. The molecular weight excluding hydrogens is 332 g/mol. The fourth-order valence-corrected chi connectivity index (χ4v) is 2.30. The maximum atomic E-state index is 12.3. The molecule has 1 aromatic carbocycles. The number of rotatable bonds is 6. The Balaban J connectivity index is 1.62. The molecular formula is C19H18N4O3. The lowest BCUT2D eigenvalue weighted by Gasteiger charge is -2.15. The van der Waals surface area contributed by atoms with E-state index >= 15 is 0 Å². The predicted octanol–water partition coefficient (Wildman–Crippen LogP) is 2.88. The summed E-state index contributed by atoms with van der Waals surface area (Å²) in [5.74, 6) is 0.798. The minimum Gasteiger partial charge on any atom is -0.481 e. The molecule has 3 aromatic rings. The Morgan fingerprint density at radius 1 is 1.23 bits per heavy atom. The maximum absolute atomic E-state index is 12.3. The number of nitrogens with one attached hydrogen (secondary N) is 1. The molecule has 0 aliphatic rings. The van der Waals surface area contributed by atoms with Crippen molar-refractivity contribution < 1.29 is 14.3 Å². The van der Waals surface area contributed by atoms with Gasteiger partial charge in [0.1, 0.15) is 17.9 Å². The first kappa shape index (κ1) is 17.3. The summed E-state index contributed by atoms with van der Waals surface area (Å²) in [7, 11) is 0. The van der Waals surface area contributed by atoms with Gasteiger partial charge in [0, 0.05) is 18.0 Å². The summed E-state index contributed by atoms with van der Waals surface area (Å²) < 4.78 is 7.39. The summed E-state index contributed by atoms with van der Waals surface area (Å²) in [5.41, 5.74) is 1.10. The number of hydrogen-bond donors (Lipinski definition) is 1. The van der Waals surface area contributed by atoms with Gasteiger partial charge in [0.2, 0.25) is 0 Å². The molecule has 2 heterocycles. The van der Waals surface area contributed by atoms with E-state index in [9.17, 15) is 9.59 Å². The summed E-state index contributed by atoms with van der Waals surface area (Å²) in [4.78, 5) is 32.0. The number of ketones is 1. The van der Waals surface area contributed by atoms with Gasteiger partial charge in [-0.3, -0.25) is 14.2 Å². The zero-order valence-electron chi connectivity index (χ0n) is 14.4. The van der Waals surface area contributed by atoms with E-state index in [1.54, 1.807) is 72.8 Å². The van der Waals surface area contributed by atoms with Crippen molar-refractivity contribution in [2.24, 2.45) is 0 Å². The zero-order chi connectivity index (χ0) is 18.5. The van der Waals surface area contributed by atoms with Crippen LogP contribution < -0.4 is 10.1 Å². The first-order chi connectivity index (χ1) is 12.5. The van der Waals surface area contributed by atoms with Crippen LogP contribution in [-0.2, 0) is 4.79 Å². The van der Waals surface area contributed by atoms with Crippen LogP contribution in [0, 0.1) is 0 Å². The normalized spacial score (nSPS) is 11.6. The number of hydrogen-bond acceptors (Lipinski definition) is 5. The highest BCUT2D eigenvalue weighted by Gasteiger charge is 2.15. The summed E-state index contributed by atoms with van der Waals surface area (Å²) in [6.45, 7) is 3.12. The molecule has 0 radical (unpaired) electrons. The molecule has 0 spiro atoms. The van der Waals surface area contributed by atoms with Crippen LogP contribution >= 0.6 is 0 Å². The molecule has 26 heavy (non-hydrogen) atoms. The Hall–Kier alpha value is -3.48. The third-order valence-corrected chi connectivity index (χ3v) is 3.71. The molecule has 0 bridgehead atoms. The fourth-order valence-electron chi connectivity index (χ4n) is 2.30. The summed E-state index contributed by atoms with van der Waals surface area (Å²) in [6, 6.07) is 10.3. The van der Waals surface area contributed by atoms with Crippen molar-refractivity contribution in [3.63, 3.8) is 0 Å². The highest BCUT2D eigenvalue weighted by molar-refractivity contribution is 5.95. The number of imidazole rings is 1. The van der Waals surface area contributed by atoms with Crippen LogP contribution in [-0.4, -0.2) is 32.3 Å². The lowest BCUT2D eigenvalue weighted by Crippen LogP contribution is -2.30. The van der Waals surface area contributed by atoms with Gasteiger partial charge in [0.25, 0.3) is 5.91 Å². The van der Waals surface area contributed by atoms with E-state index in [2.05, 4.69) is 15.3 Å². The minimum atomic E-state index is -0.731. The topological polar surface area (TPSA) is 86.1 Å². The number of aromatic nitrogens is 3. The highest BCUT2D eigenvalue weighted by Crippen LogP contribution is 2.16. The molecule has 0 aliphatic heterocycles. The van der Waals surface area contributed by atoms with Crippen molar-refractivity contribution in [3.8, 4) is 11.6 Å². The molecule has 0 saturated carbocycles. The van der Waals surface area contributed by atoms with E-state index in [0.29, 0.717) is 22.8 Å². The standard InChI is InChI=1S/C19H18N4O3/c1-13(24)15-4-3-5-17(10-15)26-14(2)19(25)22-16-6-7-18(21-11-16)23-9-8-20-12-23/h3-12,14H,1-2H3,(H,22,25). The molecule has 7 heteroatoms. The van der Waals surface area contributed by atoms with Gasteiger partial charge in [-0.15, -0.1) is 0 Å². The van der Waals surface area contributed by atoms with Gasteiger partial charge in [-0.25, -0.2) is 9.97 Å². The zero-order valence-corrected chi connectivity index (χ0v) is 14.4. The molecule has 0 fully saturated rings. The number of anilines is 1. The number of ether oxygens (including phenoxy) is 1. The van der Waals surface area contributed by atoms with Crippen molar-refractivity contribution >= 4 is 17.4 Å². The molecule has 1 amide bonds.